The molecule has 1 aliphatic carbocycles. The second-order valence-corrected chi connectivity index (χ2v) is 9.60. The summed E-state index contributed by atoms with van der Waals surface area (Å²) >= 11 is 1.49. The summed E-state index contributed by atoms with van der Waals surface area (Å²) in [7, 11) is 1.68. The molecule has 2 fully saturated rings. The Morgan fingerprint density at radius 1 is 1.09 bits per heavy atom. The lowest BCUT2D eigenvalue weighted by Crippen LogP contribution is -2.58. The normalized spacial score (nSPS) is 18.5. The maximum atomic E-state index is 13.3. The van der Waals surface area contributed by atoms with E-state index in [-0.39, 0.29) is 17.9 Å². The van der Waals surface area contributed by atoms with Gasteiger partial charge in [-0.3, -0.25) is 14.5 Å². The molecule has 1 aromatic heterocycles. The molecular formula is C25H33N3O3S. The van der Waals surface area contributed by atoms with Crippen molar-refractivity contribution >= 4 is 23.2 Å². The summed E-state index contributed by atoms with van der Waals surface area (Å²) in [4.78, 5) is 31.0. The van der Waals surface area contributed by atoms with Crippen molar-refractivity contribution in [2.24, 2.45) is 5.92 Å². The Hall–Kier alpha value is -2.38. The van der Waals surface area contributed by atoms with Crippen LogP contribution in [0.4, 0.5) is 0 Å². The van der Waals surface area contributed by atoms with Crippen molar-refractivity contribution in [3.63, 3.8) is 0 Å². The van der Waals surface area contributed by atoms with Crippen molar-refractivity contribution in [1.29, 1.82) is 0 Å². The number of carbonyl (C=O) groups is 2. The van der Waals surface area contributed by atoms with Gasteiger partial charge in [0.15, 0.2) is 0 Å². The quantitative estimate of drug-likeness (QED) is 0.663. The van der Waals surface area contributed by atoms with Gasteiger partial charge in [-0.15, -0.1) is 11.3 Å². The van der Waals surface area contributed by atoms with Gasteiger partial charge in [0.25, 0.3) is 5.91 Å². The Balaban J connectivity index is 1.35. The minimum Gasteiger partial charge on any atom is -0.496 e. The summed E-state index contributed by atoms with van der Waals surface area (Å²) < 4.78 is 5.43. The Labute approximate surface area is 194 Å². The standard InChI is InChI=1S/C25H33N3O3S/c1-31-21-10-5-4-7-19(21)12-13-26-24(29)23(20-8-2-3-9-20)27-14-16-28(17-15-27)25(30)22-11-6-18-32-22/h4-7,10-11,18,20,23H,2-3,8-9,12-17H2,1H3,(H,26,29)/t23-/m0/s1. The van der Waals surface area contributed by atoms with E-state index in [0.717, 1.165) is 48.5 Å². The first-order valence-electron chi connectivity index (χ1n) is 11.6. The molecule has 0 spiro atoms. The number of amides is 2. The van der Waals surface area contributed by atoms with E-state index in [1.807, 2.05) is 46.7 Å². The van der Waals surface area contributed by atoms with Gasteiger partial charge in [-0.1, -0.05) is 37.1 Å². The van der Waals surface area contributed by atoms with E-state index in [2.05, 4.69) is 10.2 Å². The fourth-order valence-corrected chi connectivity index (χ4v) is 5.74. The molecule has 1 N–H and O–H groups in total. The summed E-state index contributed by atoms with van der Waals surface area (Å²) in [5.74, 6) is 1.50. The lowest BCUT2D eigenvalue weighted by atomic mass is 9.95. The number of hydrogen-bond acceptors (Lipinski definition) is 5. The number of ether oxygens (including phenoxy) is 1. The number of benzene rings is 1. The summed E-state index contributed by atoms with van der Waals surface area (Å²) in [6.07, 6.45) is 5.37. The van der Waals surface area contributed by atoms with Gasteiger partial charge in [-0.25, -0.2) is 0 Å². The molecule has 1 aliphatic heterocycles. The summed E-state index contributed by atoms with van der Waals surface area (Å²) in [5.41, 5.74) is 1.11. The van der Waals surface area contributed by atoms with Crippen molar-refractivity contribution in [2.75, 3.05) is 39.8 Å². The SMILES string of the molecule is COc1ccccc1CCNC(=O)[C@H](C1CCCC1)N1CCN(C(=O)c2cccs2)CC1. The van der Waals surface area contributed by atoms with Crippen molar-refractivity contribution in [2.45, 2.75) is 38.1 Å². The van der Waals surface area contributed by atoms with Gasteiger partial charge < -0.3 is 15.0 Å². The Morgan fingerprint density at radius 2 is 1.84 bits per heavy atom. The minimum atomic E-state index is -0.103. The number of nitrogens with one attached hydrogen (secondary N) is 1. The molecule has 1 atom stereocenters. The van der Waals surface area contributed by atoms with Crippen LogP contribution in [0.1, 0.15) is 40.9 Å². The number of nitrogens with zero attached hydrogens (tertiary/aromatic N) is 2. The number of para-hydroxylation sites is 1. The number of piperazine rings is 1. The van der Waals surface area contributed by atoms with E-state index in [1.165, 1.54) is 24.2 Å². The zero-order chi connectivity index (χ0) is 22.3. The first-order chi connectivity index (χ1) is 15.7. The Morgan fingerprint density at radius 3 is 2.53 bits per heavy atom. The fourth-order valence-electron chi connectivity index (χ4n) is 5.04. The average molecular weight is 456 g/mol. The molecular weight excluding hydrogens is 422 g/mol. The van der Waals surface area contributed by atoms with Gasteiger partial charge in [0, 0.05) is 32.7 Å². The zero-order valence-corrected chi connectivity index (χ0v) is 19.6. The molecule has 2 heterocycles. The highest BCUT2D eigenvalue weighted by Crippen LogP contribution is 2.31. The molecule has 6 nitrogen and oxygen atoms in total. The van der Waals surface area contributed by atoms with Gasteiger partial charge >= 0.3 is 0 Å². The summed E-state index contributed by atoms with van der Waals surface area (Å²) in [6, 6.07) is 11.7. The van der Waals surface area contributed by atoms with Gasteiger partial charge in [0.2, 0.25) is 5.91 Å². The van der Waals surface area contributed by atoms with E-state index < -0.39 is 0 Å². The largest absolute Gasteiger partial charge is 0.496 e. The highest BCUT2D eigenvalue weighted by Gasteiger charge is 2.37. The first-order valence-corrected chi connectivity index (χ1v) is 12.5. The maximum absolute atomic E-state index is 13.3. The summed E-state index contributed by atoms with van der Waals surface area (Å²) in [5, 5.41) is 5.14. The highest BCUT2D eigenvalue weighted by atomic mass is 32.1. The predicted molar refractivity (Wildman–Crippen MR) is 127 cm³/mol. The topological polar surface area (TPSA) is 61.9 Å². The maximum Gasteiger partial charge on any atom is 0.264 e. The lowest BCUT2D eigenvalue weighted by molar-refractivity contribution is -0.129. The molecule has 1 saturated carbocycles. The molecule has 0 unspecified atom stereocenters. The van der Waals surface area contributed by atoms with Gasteiger partial charge in [-0.2, -0.15) is 0 Å². The third kappa shape index (κ3) is 5.33. The number of hydrogen-bond donors (Lipinski definition) is 1. The second-order valence-electron chi connectivity index (χ2n) is 8.65. The molecule has 4 rings (SSSR count). The minimum absolute atomic E-state index is 0.103. The average Bonchev–Trinajstić information content (AvgIpc) is 3.54. The smallest absolute Gasteiger partial charge is 0.264 e. The predicted octanol–water partition coefficient (Wildman–Crippen LogP) is 3.43. The third-order valence-electron chi connectivity index (χ3n) is 6.73. The molecule has 2 aliphatic rings. The number of rotatable bonds is 8. The van der Waals surface area contributed by atoms with E-state index in [0.29, 0.717) is 25.6 Å². The molecule has 0 bridgehead atoms. The molecule has 2 amide bonds. The molecule has 2 aromatic rings. The van der Waals surface area contributed by atoms with E-state index >= 15 is 0 Å². The zero-order valence-electron chi connectivity index (χ0n) is 18.8. The van der Waals surface area contributed by atoms with E-state index in [1.54, 1.807) is 7.11 Å². The Bertz CT molecular complexity index is 888. The third-order valence-corrected chi connectivity index (χ3v) is 7.59. The van der Waals surface area contributed by atoms with Gasteiger partial charge in [0.1, 0.15) is 5.75 Å². The van der Waals surface area contributed by atoms with Gasteiger partial charge in [0.05, 0.1) is 18.0 Å². The van der Waals surface area contributed by atoms with Crippen LogP contribution in [0.3, 0.4) is 0 Å². The molecule has 0 radical (unpaired) electrons. The highest BCUT2D eigenvalue weighted by molar-refractivity contribution is 7.12. The van der Waals surface area contributed by atoms with E-state index in [9.17, 15) is 9.59 Å². The summed E-state index contributed by atoms with van der Waals surface area (Å²) in [6.45, 7) is 3.44. The molecule has 1 saturated heterocycles. The van der Waals surface area contributed by atoms with Gasteiger partial charge in [-0.05, 0) is 48.3 Å². The van der Waals surface area contributed by atoms with Crippen LogP contribution in [-0.4, -0.2) is 67.5 Å². The van der Waals surface area contributed by atoms with Crippen molar-refractivity contribution in [1.82, 2.24) is 15.1 Å². The molecule has 1 aromatic carbocycles. The van der Waals surface area contributed by atoms with Crippen LogP contribution in [0, 0.1) is 5.92 Å². The van der Waals surface area contributed by atoms with Crippen LogP contribution in [0.15, 0.2) is 41.8 Å². The van der Waals surface area contributed by atoms with Crippen LogP contribution >= 0.6 is 11.3 Å². The van der Waals surface area contributed by atoms with Crippen molar-refractivity contribution in [3.05, 3.63) is 52.2 Å². The molecule has 32 heavy (non-hydrogen) atoms. The molecule has 172 valence electrons. The van der Waals surface area contributed by atoms with Crippen LogP contribution in [-0.2, 0) is 11.2 Å². The molecule has 7 heteroatoms. The number of thiophene rings is 1. The first kappa shape index (κ1) is 22.8. The van der Waals surface area contributed by atoms with Crippen LogP contribution < -0.4 is 10.1 Å². The second kappa shape index (κ2) is 11.0. The van der Waals surface area contributed by atoms with Crippen molar-refractivity contribution < 1.29 is 14.3 Å². The Kier molecular flexibility index (Phi) is 7.81. The van der Waals surface area contributed by atoms with Crippen molar-refractivity contribution in [3.8, 4) is 5.75 Å². The van der Waals surface area contributed by atoms with Crippen LogP contribution in [0.25, 0.3) is 0 Å². The number of carbonyl (C=O) groups excluding carboxylic acids is 2. The lowest BCUT2D eigenvalue weighted by Gasteiger charge is -2.40. The van der Waals surface area contributed by atoms with Crippen LogP contribution in [0.5, 0.6) is 5.75 Å². The van der Waals surface area contributed by atoms with Crippen LogP contribution in [0.2, 0.25) is 0 Å². The van der Waals surface area contributed by atoms with E-state index in [4.69, 9.17) is 4.74 Å². The number of methoxy groups -OCH3 is 1. The monoisotopic (exact) mass is 455 g/mol. The fraction of sp³-hybridized carbons (Fsp3) is 0.520.